The second-order valence-corrected chi connectivity index (χ2v) is 5.55. The van der Waals surface area contributed by atoms with Gasteiger partial charge in [0.2, 0.25) is 0 Å². The quantitative estimate of drug-likeness (QED) is 0.842. The number of ether oxygens (including phenoxy) is 1. The van der Waals surface area contributed by atoms with Crippen LogP contribution in [0, 0.1) is 0 Å². The van der Waals surface area contributed by atoms with Gasteiger partial charge in [-0.25, -0.2) is 0 Å². The van der Waals surface area contributed by atoms with Crippen LogP contribution in [-0.4, -0.2) is 49.1 Å². The lowest BCUT2D eigenvalue weighted by atomic mass is 10.1. The van der Waals surface area contributed by atoms with Crippen LogP contribution in [0.4, 0.5) is 0 Å². The van der Waals surface area contributed by atoms with Gasteiger partial charge in [-0.1, -0.05) is 18.2 Å². The fraction of sp³-hybridized carbons (Fsp3) is 0.467. The molecule has 0 saturated carbocycles. The first-order valence-corrected chi connectivity index (χ1v) is 6.64. The first kappa shape index (κ1) is 14.7. The third-order valence-electron chi connectivity index (χ3n) is 3.36. The molecule has 20 heavy (non-hydrogen) atoms. The van der Waals surface area contributed by atoms with Crippen molar-refractivity contribution in [1.82, 2.24) is 10.2 Å². The monoisotopic (exact) mass is 276 g/mol. The molecule has 1 atom stereocenters. The van der Waals surface area contributed by atoms with Crippen molar-refractivity contribution in [2.75, 3.05) is 20.2 Å². The highest BCUT2D eigenvalue weighted by atomic mass is 16.5. The normalized spacial score (nSPS) is 20.6. The van der Waals surface area contributed by atoms with Crippen LogP contribution in [0.3, 0.4) is 0 Å². The van der Waals surface area contributed by atoms with Gasteiger partial charge >= 0.3 is 0 Å². The summed E-state index contributed by atoms with van der Waals surface area (Å²) >= 11 is 0. The zero-order valence-corrected chi connectivity index (χ0v) is 12.1. The molecule has 1 heterocycles. The van der Waals surface area contributed by atoms with Crippen molar-refractivity contribution >= 4 is 12.2 Å². The van der Waals surface area contributed by atoms with Crippen molar-refractivity contribution in [2.24, 2.45) is 0 Å². The summed E-state index contributed by atoms with van der Waals surface area (Å²) in [6.07, 6.45) is 0.709. The molecule has 0 bridgehead atoms. The second-order valence-electron chi connectivity index (χ2n) is 5.55. The zero-order chi connectivity index (χ0) is 14.8. The molecule has 0 spiro atoms. The minimum atomic E-state index is -0.352. The van der Waals surface area contributed by atoms with E-state index in [1.165, 1.54) is 0 Å². The standard InChI is InChI=1S/C15H20N2O3/c1-15(2)16-12(10-20-15)8-17(3)14(19)13-7-5-4-6-11(13)9-18/h4-7,9,12,16H,8,10H2,1-3H3. The van der Waals surface area contributed by atoms with Crippen LogP contribution in [0.5, 0.6) is 0 Å². The highest BCUT2D eigenvalue weighted by molar-refractivity contribution is 6.01. The molecule has 1 saturated heterocycles. The molecule has 0 aliphatic carbocycles. The number of rotatable bonds is 4. The van der Waals surface area contributed by atoms with Gasteiger partial charge in [-0.3, -0.25) is 14.9 Å². The Morgan fingerprint density at radius 3 is 2.80 bits per heavy atom. The number of nitrogens with zero attached hydrogens (tertiary/aromatic N) is 1. The van der Waals surface area contributed by atoms with Crippen LogP contribution in [0.1, 0.15) is 34.6 Å². The molecule has 108 valence electrons. The van der Waals surface area contributed by atoms with E-state index in [9.17, 15) is 9.59 Å². The first-order valence-electron chi connectivity index (χ1n) is 6.64. The summed E-state index contributed by atoms with van der Waals surface area (Å²) in [5.41, 5.74) is 0.499. The molecule has 0 aromatic heterocycles. The van der Waals surface area contributed by atoms with Crippen molar-refractivity contribution in [3.63, 3.8) is 0 Å². The highest BCUT2D eigenvalue weighted by Gasteiger charge is 2.32. The van der Waals surface area contributed by atoms with E-state index in [2.05, 4.69) is 5.32 Å². The van der Waals surface area contributed by atoms with Gasteiger partial charge in [0.05, 0.1) is 18.2 Å². The number of carbonyl (C=O) groups is 2. The van der Waals surface area contributed by atoms with Gasteiger partial charge in [0.15, 0.2) is 6.29 Å². The molecule has 1 aliphatic rings. The van der Waals surface area contributed by atoms with Crippen LogP contribution < -0.4 is 5.32 Å². The fourth-order valence-corrected chi connectivity index (χ4v) is 2.40. The van der Waals surface area contributed by atoms with E-state index in [1.54, 1.807) is 36.2 Å². The number of amides is 1. The average Bonchev–Trinajstić information content (AvgIpc) is 2.76. The molecular formula is C15H20N2O3. The minimum Gasteiger partial charge on any atom is -0.360 e. The Kier molecular flexibility index (Phi) is 4.20. The number of benzene rings is 1. The van der Waals surface area contributed by atoms with E-state index >= 15 is 0 Å². The third-order valence-corrected chi connectivity index (χ3v) is 3.36. The van der Waals surface area contributed by atoms with Gasteiger partial charge in [0.25, 0.3) is 5.91 Å². The predicted molar refractivity (Wildman–Crippen MR) is 75.7 cm³/mol. The zero-order valence-electron chi connectivity index (χ0n) is 12.1. The summed E-state index contributed by atoms with van der Waals surface area (Å²) in [4.78, 5) is 25.0. The summed E-state index contributed by atoms with van der Waals surface area (Å²) in [5.74, 6) is -0.154. The summed E-state index contributed by atoms with van der Waals surface area (Å²) in [6.45, 7) is 5.02. The van der Waals surface area contributed by atoms with E-state index in [0.29, 0.717) is 30.6 Å². The van der Waals surface area contributed by atoms with Gasteiger partial charge in [-0.05, 0) is 19.9 Å². The van der Waals surface area contributed by atoms with E-state index in [1.807, 2.05) is 13.8 Å². The Morgan fingerprint density at radius 1 is 1.50 bits per heavy atom. The fourth-order valence-electron chi connectivity index (χ4n) is 2.40. The van der Waals surface area contributed by atoms with Crippen molar-refractivity contribution in [2.45, 2.75) is 25.6 Å². The molecule has 2 rings (SSSR count). The molecule has 1 unspecified atom stereocenters. The van der Waals surface area contributed by atoms with Crippen molar-refractivity contribution in [3.05, 3.63) is 35.4 Å². The number of hydrogen-bond acceptors (Lipinski definition) is 4. The summed E-state index contributed by atoms with van der Waals surface area (Å²) in [7, 11) is 1.73. The van der Waals surface area contributed by atoms with Crippen LogP contribution in [0.15, 0.2) is 24.3 Å². The Morgan fingerprint density at radius 2 is 2.20 bits per heavy atom. The molecule has 5 heteroatoms. The highest BCUT2D eigenvalue weighted by Crippen LogP contribution is 2.16. The maximum absolute atomic E-state index is 12.4. The Bertz CT molecular complexity index is 514. The maximum Gasteiger partial charge on any atom is 0.254 e. The minimum absolute atomic E-state index is 0.0994. The van der Waals surface area contributed by atoms with Gasteiger partial charge < -0.3 is 9.64 Å². The van der Waals surface area contributed by atoms with E-state index in [-0.39, 0.29) is 17.7 Å². The van der Waals surface area contributed by atoms with Gasteiger partial charge in [-0.15, -0.1) is 0 Å². The molecule has 1 N–H and O–H groups in total. The molecule has 1 fully saturated rings. The lowest BCUT2D eigenvalue weighted by molar-refractivity contribution is 0.0230. The van der Waals surface area contributed by atoms with Crippen molar-refractivity contribution < 1.29 is 14.3 Å². The number of likely N-dealkylation sites (N-methyl/N-ethyl adjacent to an activating group) is 1. The molecule has 1 aromatic rings. The second kappa shape index (κ2) is 5.73. The molecule has 1 amide bonds. The maximum atomic E-state index is 12.4. The number of hydrogen-bond donors (Lipinski definition) is 1. The van der Waals surface area contributed by atoms with Crippen LogP contribution >= 0.6 is 0 Å². The predicted octanol–water partition coefficient (Wildman–Crippen LogP) is 1.30. The van der Waals surface area contributed by atoms with Gasteiger partial charge in [0, 0.05) is 19.2 Å². The van der Waals surface area contributed by atoms with E-state index in [4.69, 9.17) is 4.74 Å². The molecule has 5 nitrogen and oxygen atoms in total. The smallest absolute Gasteiger partial charge is 0.254 e. The van der Waals surface area contributed by atoms with E-state index in [0.717, 1.165) is 0 Å². The summed E-state index contributed by atoms with van der Waals surface area (Å²) < 4.78 is 5.58. The number of aldehydes is 1. The molecule has 0 radical (unpaired) electrons. The summed E-state index contributed by atoms with van der Waals surface area (Å²) in [5, 5.41) is 3.31. The van der Waals surface area contributed by atoms with Crippen LogP contribution in [0.2, 0.25) is 0 Å². The molecular weight excluding hydrogens is 256 g/mol. The van der Waals surface area contributed by atoms with Crippen LogP contribution in [0.25, 0.3) is 0 Å². The Balaban J connectivity index is 2.04. The molecule has 1 aliphatic heterocycles. The number of carbonyl (C=O) groups excluding carboxylic acids is 2. The largest absolute Gasteiger partial charge is 0.360 e. The van der Waals surface area contributed by atoms with E-state index < -0.39 is 0 Å². The number of nitrogens with one attached hydrogen (secondary N) is 1. The lowest BCUT2D eigenvalue weighted by Crippen LogP contribution is -2.45. The topological polar surface area (TPSA) is 58.6 Å². The SMILES string of the molecule is CN(CC1COC(C)(C)N1)C(=O)c1ccccc1C=O. The Hall–Kier alpha value is -1.72. The summed E-state index contributed by atoms with van der Waals surface area (Å²) in [6, 6.07) is 6.92. The van der Waals surface area contributed by atoms with Crippen molar-refractivity contribution in [1.29, 1.82) is 0 Å². The van der Waals surface area contributed by atoms with Crippen LogP contribution in [-0.2, 0) is 4.74 Å². The Labute approximate surface area is 118 Å². The first-order chi connectivity index (χ1) is 9.43. The van der Waals surface area contributed by atoms with Gasteiger partial charge in [0.1, 0.15) is 5.72 Å². The lowest BCUT2D eigenvalue weighted by Gasteiger charge is -2.23. The third kappa shape index (κ3) is 3.23. The average molecular weight is 276 g/mol. The van der Waals surface area contributed by atoms with Gasteiger partial charge in [-0.2, -0.15) is 0 Å². The molecule has 1 aromatic carbocycles. The van der Waals surface area contributed by atoms with Crippen molar-refractivity contribution in [3.8, 4) is 0 Å².